The van der Waals surface area contributed by atoms with Crippen LogP contribution in [0.25, 0.3) is 0 Å². The SMILES string of the molecule is CC(C)(C)OC(=O)NC(Cn1c(=O)c(N2CCN(Cc3ccccc3)CC2=O)cn(Cc2c(F)cccc2F)c1=O)c1ccccc1. The van der Waals surface area contributed by atoms with E-state index in [2.05, 4.69) is 5.32 Å². The Labute approximate surface area is 270 Å². The van der Waals surface area contributed by atoms with Crippen molar-refractivity contribution in [2.75, 3.05) is 24.5 Å². The molecule has 2 amide bonds. The van der Waals surface area contributed by atoms with Gasteiger partial charge in [0.2, 0.25) is 5.91 Å². The van der Waals surface area contributed by atoms with Gasteiger partial charge in [-0.2, -0.15) is 0 Å². The molecule has 5 rings (SSSR count). The first-order chi connectivity index (χ1) is 22.4. The predicted octanol–water partition coefficient (Wildman–Crippen LogP) is 4.45. The maximum absolute atomic E-state index is 14.7. The van der Waals surface area contributed by atoms with E-state index in [0.29, 0.717) is 18.7 Å². The Kier molecular flexibility index (Phi) is 10.00. The number of hydrogen-bond acceptors (Lipinski definition) is 6. The van der Waals surface area contributed by atoms with Crippen molar-refractivity contribution in [3.8, 4) is 0 Å². The van der Waals surface area contributed by atoms with E-state index >= 15 is 0 Å². The first kappa shape index (κ1) is 33.3. The molecule has 10 nitrogen and oxygen atoms in total. The molecule has 1 aromatic heterocycles. The maximum Gasteiger partial charge on any atom is 0.408 e. The zero-order valence-electron chi connectivity index (χ0n) is 26.5. The van der Waals surface area contributed by atoms with Gasteiger partial charge in [-0.25, -0.2) is 18.4 Å². The molecule has 47 heavy (non-hydrogen) atoms. The van der Waals surface area contributed by atoms with E-state index in [-0.39, 0.29) is 36.8 Å². The topological polar surface area (TPSA) is 106 Å². The number of piperazine rings is 1. The van der Waals surface area contributed by atoms with Gasteiger partial charge < -0.3 is 15.0 Å². The van der Waals surface area contributed by atoms with Gasteiger partial charge in [0.25, 0.3) is 5.56 Å². The third-order valence-electron chi connectivity index (χ3n) is 7.71. The normalized spacial score (nSPS) is 14.6. The van der Waals surface area contributed by atoms with Crippen molar-refractivity contribution < 1.29 is 23.1 Å². The number of hydrogen-bond donors (Lipinski definition) is 1. The van der Waals surface area contributed by atoms with Crippen LogP contribution in [0.3, 0.4) is 0 Å². The van der Waals surface area contributed by atoms with Crippen molar-refractivity contribution in [3.63, 3.8) is 0 Å². The lowest BCUT2D eigenvalue weighted by Gasteiger charge is -2.34. The summed E-state index contributed by atoms with van der Waals surface area (Å²) in [6.07, 6.45) is 0.408. The first-order valence-corrected chi connectivity index (χ1v) is 15.3. The minimum atomic E-state index is -0.913. The molecule has 1 atom stereocenters. The Hall–Kier alpha value is -5.10. The molecule has 0 radical (unpaired) electrons. The van der Waals surface area contributed by atoms with Crippen LogP contribution in [-0.4, -0.2) is 51.3 Å². The lowest BCUT2D eigenvalue weighted by atomic mass is 10.1. The minimum absolute atomic E-state index is 0.0161. The van der Waals surface area contributed by atoms with Gasteiger partial charge in [-0.15, -0.1) is 0 Å². The monoisotopic (exact) mass is 645 g/mol. The number of amides is 2. The standard InChI is InChI=1S/C35H37F2N5O5/c1-35(2,3)47-33(45)38-29(25-13-8-5-9-14-25)21-42-32(44)30(22-40(34(42)46)20-26-27(36)15-10-16-28(26)37)41-18-17-39(23-31(41)43)19-24-11-6-4-7-12-24/h4-16,22,29H,17-21,23H2,1-3H3,(H,38,45). The fraction of sp³-hybridized carbons (Fsp3) is 0.314. The second kappa shape index (κ2) is 14.1. The number of nitrogens with zero attached hydrogens (tertiary/aromatic N) is 4. The summed E-state index contributed by atoms with van der Waals surface area (Å²) in [6.45, 7) is 5.35. The van der Waals surface area contributed by atoms with Crippen molar-refractivity contribution in [3.05, 3.63) is 134 Å². The van der Waals surface area contributed by atoms with Crippen LogP contribution in [0.4, 0.5) is 19.3 Å². The van der Waals surface area contributed by atoms with Gasteiger partial charge in [0.05, 0.1) is 25.7 Å². The number of aromatic nitrogens is 2. The molecule has 2 heterocycles. The molecule has 1 fully saturated rings. The predicted molar refractivity (Wildman–Crippen MR) is 173 cm³/mol. The third kappa shape index (κ3) is 8.20. The van der Waals surface area contributed by atoms with E-state index in [1.54, 1.807) is 51.1 Å². The van der Waals surface area contributed by atoms with Gasteiger partial charge in [-0.1, -0.05) is 66.7 Å². The summed E-state index contributed by atoms with van der Waals surface area (Å²) >= 11 is 0. The number of ether oxygens (including phenoxy) is 1. The summed E-state index contributed by atoms with van der Waals surface area (Å²) < 4.78 is 36.8. The van der Waals surface area contributed by atoms with Gasteiger partial charge >= 0.3 is 11.8 Å². The fourth-order valence-corrected chi connectivity index (χ4v) is 5.46. The Morgan fingerprint density at radius 2 is 1.51 bits per heavy atom. The Morgan fingerprint density at radius 3 is 2.13 bits per heavy atom. The molecule has 3 aromatic carbocycles. The number of halogens is 2. The summed E-state index contributed by atoms with van der Waals surface area (Å²) in [5.41, 5.74) is -1.36. The summed E-state index contributed by atoms with van der Waals surface area (Å²) in [6, 6.07) is 20.8. The average molecular weight is 646 g/mol. The van der Waals surface area contributed by atoms with E-state index in [1.165, 1.54) is 17.2 Å². The minimum Gasteiger partial charge on any atom is -0.444 e. The molecule has 1 unspecified atom stereocenters. The van der Waals surface area contributed by atoms with Crippen LogP contribution in [0.5, 0.6) is 0 Å². The van der Waals surface area contributed by atoms with Gasteiger partial charge in [-0.05, 0) is 44.0 Å². The molecule has 0 saturated carbocycles. The number of anilines is 1. The van der Waals surface area contributed by atoms with Crippen LogP contribution in [0.15, 0.2) is 94.6 Å². The number of rotatable bonds is 9. The molecule has 1 N–H and O–H groups in total. The maximum atomic E-state index is 14.7. The molecular weight excluding hydrogens is 608 g/mol. The largest absolute Gasteiger partial charge is 0.444 e. The second-order valence-corrected chi connectivity index (χ2v) is 12.4. The highest BCUT2D eigenvalue weighted by Crippen LogP contribution is 2.20. The first-order valence-electron chi connectivity index (χ1n) is 15.3. The van der Waals surface area contributed by atoms with E-state index < -0.39 is 47.2 Å². The van der Waals surface area contributed by atoms with Gasteiger partial charge in [0.15, 0.2) is 0 Å². The highest BCUT2D eigenvalue weighted by atomic mass is 19.1. The van der Waals surface area contributed by atoms with Crippen molar-refractivity contribution >= 4 is 17.7 Å². The van der Waals surface area contributed by atoms with Crippen LogP contribution in [0, 0.1) is 11.6 Å². The quantitative estimate of drug-likeness (QED) is 0.289. The Morgan fingerprint density at radius 1 is 0.872 bits per heavy atom. The molecule has 4 aromatic rings. The van der Waals surface area contributed by atoms with Crippen LogP contribution in [-0.2, 0) is 29.2 Å². The number of alkyl carbamates (subject to hydrolysis) is 1. The zero-order chi connectivity index (χ0) is 33.7. The van der Waals surface area contributed by atoms with E-state index in [1.807, 2.05) is 35.2 Å². The zero-order valence-corrected chi connectivity index (χ0v) is 26.5. The summed E-state index contributed by atoms with van der Waals surface area (Å²) in [5.74, 6) is -2.10. The van der Waals surface area contributed by atoms with Crippen LogP contribution in [0.1, 0.15) is 43.5 Å². The van der Waals surface area contributed by atoms with Crippen molar-refractivity contribution in [1.82, 2.24) is 19.4 Å². The number of benzene rings is 3. The number of carbonyl (C=O) groups is 2. The highest BCUT2D eigenvalue weighted by Gasteiger charge is 2.30. The summed E-state index contributed by atoms with van der Waals surface area (Å²) in [4.78, 5) is 57.6. The Bertz CT molecular complexity index is 1830. The van der Waals surface area contributed by atoms with Crippen LogP contribution >= 0.6 is 0 Å². The molecule has 12 heteroatoms. The second-order valence-electron chi connectivity index (χ2n) is 12.4. The van der Waals surface area contributed by atoms with Crippen LogP contribution in [0.2, 0.25) is 0 Å². The molecule has 246 valence electrons. The number of carbonyl (C=O) groups excluding carboxylic acids is 2. The fourth-order valence-electron chi connectivity index (χ4n) is 5.46. The molecular formula is C35H37F2N5O5. The van der Waals surface area contributed by atoms with E-state index in [9.17, 15) is 28.0 Å². The molecule has 1 aliphatic rings. The van der Waals surface area contributed by atoms with Gasteiger partial charge in [-0.3, -0.25) is 23.6 Å². The molecule has 1 aliphatic heterocycles. The lowest BCUT2D eigenvalue weighted by molar-refractivity contribution is -0.121. The molecule has 1 saturated heterocycles. The van der Waals surface area contributed by atoms with Gasteiger partial charge in [0.1, 0.15) is 22.9 Å². The number of nitrogens with one attached hydrogen (secondary N) is 1. The smallest absolute Gasteiger partial charge is 0.408 e. The molecule has 0 spiro atoms. The van der Waals surface area contributed by atoms with Crippen molar-refractivity contribution in [1.29, 1.82) is 0 Å². The highest BCUT2D eigenvalue weighted by molar-refractivity contribution is 5.95. The average Bonchev–Trinajstić information content (AvgIpc) is 3.02. The van der Waals surface area contributed by atoms with E-state index in [4.69, 9.17) is 4.74 Å². The van der Waals surface area contributed by atoms with Crippen LogP contribution < -0.4 is 21.5 Å². The molecule has 0 aliphatic carbocycles. The third-order valence-corrected chi connectivity index (χ3v) is 7.71. The lowest BCUT2D eigenvalue weighted by Crippen LogP contribution is -2.53. The molecule has 0 bridgehead atoms. The van der Waals surface area contributed by atoms with Crippen molar-refractivity contribution in [2.45, 2.75) is 52.0 Å². The van der Waals surface area contributed by atoms with E-state index in [0.717, 1.165) is 26.8 Å². The van der Waals surface area contributed by atoms with Crippen molar-refractivity contribution in [2.24, 2.45) is 0 Å². The Balaban J connectivity index is 1.54. The van der Waals surface area contributed by atoms with Gasteiger partial charge in [0, 0.05) is 31.4 Å². The summed E-state index contributed by atoms with van der Waals surface area (Å²) in [5, 5.41) is 2.74. The summed E-state index contributed by atoms with van der Waals surface area (Å²) in [7, 11) is 0.